The van der Waals surface area contributed by atoms with E-state index in [-0.39, 0.29) is 18.1 Å². The van der Waals surface area contributed by atoms with Crippen LogP contribution >= 0.6 is 0 Å². The lowest BCUT2D eigenvalue weighted by Crippen LogP contribution is -2.48. The molecule has 0 aromatic carbocycles. The quantitative estimate of drug-likeness (QED) is 0.701. The number of carbonyl (C=O) groups is 1. The summed E-state index contributed by atoms with van der Waals surface area (Å²) in [4.78, 5) is 21.6. The highest BCUT2D eigenvalue weighted by Crippen LogP contribution is 2.13. The molecule has 2 heterocycles. The zero-order valence-electron chi connectivity index (χ0n) is 9.46. The van der Waals surface area contributed by atoms with E-state index in [9.17, 15) is 4.79 Å². The molecule has 1 fully saturated rings. The molecular weight excluding hydrogens is 206 g/mol. The Morgan fingerprint density at radius 1 is 1.31 bits per heavy atom. The van der Waals surface area contributed by atoms with Crippen molar-refractivity contribution in [1.29, 1.82) is 0 Å². The van der Waals surface area contributed by atoms with Gasteiger partial charge < -0.3 is 9.64 Å². The van der Waals surface area contributed by atoms with Crippen LogP contribution in [0.25, 0.3) is 0 Å². The Balaban J connectivity index is 2.10. The van der Waals surface area contributed by atoms with E-state index < -0.39 is 0 Å². The third kappa shape index (κ3) is 2.36. The molecule has 1 amide bonds. The fraction of sp³-hybridized carbons (Fsp3) is 0.545. The van der Waals surface area contributed by atoms with Crippen molar-refractivity contribution < 1.29 is 9.53 Å². The molecule has 5 nitrogen and oxygen atoms in total. The molecule has 1 aromatic rings. The summed E-state index contributed by atoms with van der Waals surface area (Å²) in [7, 11) is 0. The minimum atomic E-state index is -0.0254. The fourth-order valence-corrected chi connectivity index (χ4v) is 1.94. The molecule has 0 N–H and O–H groups in total. The number of ether oxygens (including phenoxy) is 1. The van der Waals surface area contributed by atoms with Crippen molar-refractivity contribution in [3.63, 3.8) is 0 Å². The number of amides is 1. The molecule has 0 radical (unpaired) electrons. The van der Waals surface area contributed by atoms with Gasteiger partial charge in [-0.25, -0.2) is 9.97 Å². The summed E-state index contributed by atoms with van der Waals surface area (Å²) < 4.78 is 5.58. The lowest BCUT2D eigenvalue weighted by molar-refractivity contribution is -0.0586. The SMILES string of the molecule is C[C@@H]1CN(C(=O)c2cncnc2)C[C@H](C)O1. The van der Waals surface area contributed by atoms with Crippen LogP contribution in [0, 0.1) is 0 Å². The third-order valence-electron chi connectivity index (χ3n) is 2.51. The van der Waals surface area contributed by atoms with Crippen LogP contribution in [0.1, 0.15) is 24.2 Å². The normalized spacial score (nSPS) is 25.5. The summed E-state index contributed by atoms with van der Waals surface area (Å²) in [5, 5.41) is 0. The highest BCUT2D eigenvalue weighted by molar-refractivity contribution is 5.93. The second-order valence-electron chi connectivity index (χ2n) is 4.09. The molecule has 0 spiro atoms. The average molecular weight is 221 g/mol. The topological polar surface area (TPSA) is 55.3 Å². The lowest BCUT2D eigenvalue weighted by atomic mass is 10.2. The van der Waals surface area contributed by atoms with Crippen molar-refractivity contribution in [3.05, 3.63) is 24.3 Å². The smallest absolute Gasteiger partial charge is 0.257 e. The maximum atomic E-state index is 12.1. The molecular formula is C11H15N3O2. The van der Waals surface area contributed by atoms with Crippen LogP contribution in [0.15, 0.2) is 18.7 Å². The predicted molar refractivity (Wildman–Crippen MR) is 57.9 cm³/mol. The van der Waals surface area contributed by atoms with E-state index >= 15 is 0 Å². The van der Waals surface area contributed by atoms with Gasteiger partial charge in [-0.3, -0.25) is 4.79 Å². The molecule has 2 rings (SSSR count). The molecule has 0 aliphatic carbocycles. The van der Waals surface area contributed by atoms with Crippen LogP contribution < -0.4 is 0 Å². The molecule has 0 saturated carbocycles. The van der Waals surface area contributed by atoms with E-state index in [1.54, 1.807) is 17.3 Å². The maximum absolute atomic E-state index is 12.1. The zero-order valence-corrected chi connectivity index (χ0v) is 9.46. The molecule has 1 saturated heterocycles. The number of aromatic nitrogens is 2. The second-order valence-corrected chi connectivity index (χ2v) is 4.09. The Bertz CT molecular complexity index is 359. The van der Waals surface area contributed by atoms with Gasteiger partial charge in [-0.15, -0.1) is 0 Å². The van der Waals surface area contributed by atoms with Gasteiger partial charge in [0.15, 0.2) is 0 Å². The summed E-state index contributed by atoms with van der Waals surface area (Å²) in [5.41, 5.74) is 0.531. The van der Waals surface area contributed by atoms with Crippen LogP contribution in [0.4, 0.5) is 0 Å². The number of rotatable bonds is 1. The molecule has 0 bridgehead atoms. The Morgan fingerprint density at radius 3 is 2.44 bits per heavy atom. The third-order valence-corrected chi connectivity index (χ3v) is 2.51. The standard InChI is InChI=1S/C11H15N3O2/c1-8-5-14(6-9(2)16-8)11(15)10-3-12-7-13-4-10/h3-4,7-9H,5-6H2,1-2H3/t8-,9+. The van der Waals surface area contributed by atoms with Gasteiger partial charge in [0, 0.05) is 25.5 Å². The van der Waals surface area contributed by atoms with Crippen LogP contribution in [0.5, 0.6) is 0 Å². The van der Waals surface area contributed by atoms with Gasteiger partial charge in [0.1, 0.15) is 6.33 Å². The van der Waals surface area contributed by atoms with E-state index in [1.807, 2.05) is 13.8 Å². The lowest BCUT2D eigenvalue weighted by Gasteiger charge is -2.35. The van der Waals surface area contributed by atoms with Crippen LogP contribution in [0.2, 0.25) is 0 Å². The minimum Gasteiger partial charge on any atom is -0.372 e. The molecule has 2 atom stereocenters. The monoisotopic (exact) mass is 221 g/mol. The Kier molecular flexibility index (Phi) is 3.14. The second kappa shape index (κ2) is 4.57. The molecule has 0 unspecified atom stereocenters. The molecule has 1 aliphatic rings. The maximum Gasteiger partial charge on any atom is 0.257 e. The molecule has 86 valence electrons. The fourth-order valence-electron chi connectivity index (χ4n) is 1.94. The van der Waals surface area contributed by atoms with E-state index in [1.165, 1.54) is 6.33 Å². The first-order valence-electron chi connectivity index (χ1n) is 5.36. The first-order chi connectivity index (χ1) is 7.66. The Morgan fingerprint density at radius 2 is 1.88 bits per heavy atom. The highest BCUT2D eigenvalue weighted by atomic mass is 16.5. The van der Waals surface area contributed by atoms with E-state index in [4.69, 9.17) is 4.74 Å². The Hall–Kier alpha value is -1.49. The Labute approximate surface area is 94.5 Å². The number of hydrogen-bond acceptors (Lipinski definition) is 4. The van der Waals surface area contributed by atoms with Gasteiger partial charge in [-0.1, -0.05) is 0 Å². The van der Waals surface area contributed by atoms with Gasteiger partial charge in [0.2, 0.25) is 0 Å². The summed E-state index contributed by atoms with van der Waals surface area (Å²) >= 11 is 0. The number of nitrogens with zero attached hydrogens (tertiary/aromatic N) is 3. The van der Waals surface area contributed by atoms with Crippen LogP contribution in [-0.4, -0.2) is 46.1 Å². The first-order valence-corrected chi connectivity index (χ1v) is 5.36. The molecule has 16 heavy (non-hydrogen) atoms. The zero-order chi connectivity index (χ0) is 11.5. The van der Waals surface area contributed by atoms with Crippen LogP contribution in [-0.2, 0) is 4.74 Å². The van der Waals surface area contributed by atoms with Gasteiger partial charge in [0.25, 0.3) is 5.91 Å². The van der Waals surface area contributed by atoms with Gasteiger partial charge in [-0.05, 0) is 13.8 Å². The molecule has 1 aliphatic heterocycles. The van der Waals surface area contributed by atoms with Crippen molar-refractivity contribution in [2.24, 2.45) is 0 Å². The van der Waals surface area contributed by atoms with Crippen molar-refractivity contribution in [3.8, 4) is 0 Å². The predicted octanol–water partition coefficient (Wildman–Crippen LogP) is 0.726. The van der Waals surface area contributed by atoms with Gasteiger partial charge in [-0.2, -0.15) is 0 Å². The number of hydrogen-bond donors (Lipinski definition) is 0. The van der Waals surface area contributed by atoms with Gasteiger partial charge >= 0.3 is 0 Å². The summed E-state index contributed by atoms with van der Waals surface area (Å²) in [5.74, 6) is -0.0254. The van der Waals surface area contributed by atoms with E-state index in [0.717, 1.165) is 0 Å². The van der Waals surface area contributed by atoms with Crippen molar-refractivity contribution >= 4 is 5.91 Å². The highest BCUT2D eigenvalue weighted by Gasteiger charge is 2.26. The minimum absolute atomic E-state index is 0.0254. The number of morpholine rings is 1. The van der Waals surface area contributed by atoms with Crippen LogP contribution in [0.3, 0.4) is 0 Å². The first kappa shape index (κ1) is 11.0. The van der Waals surface area contributed by atoms with Gasteiger partial charge in [0.05, 0.1) is 17.8 Å². The molecule has 1 aromatic heterocycles. The van der Waals surface area contributed by atoms with Crippen molar-refractivity contribution in [2.75, 3.05) is 13.1 Å². The number of carbonyl (C=O) groups excluding carboxylic acids is 1. The summed E-state index contributed by atoms with van der Waals surface area (Å²) in [6.45, 7) is 5.19. The summed E-state index contributed by atoms with van der Waals surface area (Å²) in [6, 6.07) is 0. The van der Waals surface area contributed by atoms with Crippen molar-refractivity contribution in [2.45, 2.75) is 26.1 Å². The van der Waals surface area contributed by atoms with Crippen molar-refractivity contribution in [1.82, 2.24) is 14.9 Å². The summed E-state index contributed by atoms with van der Waals surface area (Å²) in [6.07, 6.45) is 4.66. The van der Waals surface area contributed by atoms with E-state index in [0.29, 0.717) is 18.7 Å². The average Bonchev–Trinajstić information content (AvgIpc) is 2.28. The largest absolute Gasteiger partial charge is 0.372 e. The van der Waals surface area contributed by atoms with E-state index in [2.05, 4.69) is 9.97 Å². The molecule has 5 heteroatoms.